The highest BCUT2D eigenvalue weighted by molar-refractivity contribution is 9.11. The Labute approximate surface area is 142 Å². The zero-order valence-corrected chi connectivity index (χ0v) is 16.2. The zero-order chi connectivity index (χ0) is 15.5. The van der Waals surface area contributed by atoms with Gasteiger partial charge in [0.25, 0.3) is 0 Å². The van der Waals surface area contributed by atoms with Crippen molar-refractivity contribution >= 4 is 27.3 Å². The summed E-state index contributed by atoms with van der Waals surface area (Å²) in [7, 11) is 0. The van der Waals surface area contributed by atoms with Crippen molar-refractivity contribution in [1.29, 1.82) is 0 Å². The summed E-state index contributed by atoms with van der Waals surface area (Å²) in [4.78, 5) is 4.19. The van der Waals surface area contributed by atoms with E-state index in [4.69, 9.17) is 0 Å². The predicted octanol–water partition coefficient (Wildman–Crippen LogP) is 4.89. The van der Waals surface area contributed by atoms with Crippen LogP contribution in [0.4, 0.5) is 0 Å². The van der Waals surface area contributed by atoms with Gasteiger partial charge in [0.05, 0.1) is 3.79 Å². The van der Waals surface area contributed by atoms with Crippen LogP contribution in [-0.2, 0) is 6.54 Å². The molecule has 1 atom stereocenters. The van der Waals surface area contributed by atoms with Crippen molar-refractivity contribution in [3.63, 3.8) is 0 Å². The van der Waals surface area contributed by atoms with Crippen molar-refractivity contribution in [3.05, 3.63) is 20.8 Å². The van der Waals surface area contributed by atoms with Crippen LogP contribution in [0.2, 0.25) is 0 Å². The molecule has 4 heteroatoms. The summed E-state index contributed by atoms with van der Waals surface area (Å²) in [5.41, 5.74) is 0.308. The van der Waals surface area contributed by atoms with Crippen LogP contribution in [0, 0.1) is 5.92 Å². The Morgan fingerprint density at radius 3 is 2.62 bits per heavy atom. The van der Waals surface area contributed by atoms with E-state index in [1.807, 2.05) is 11.3 Å². The number of piperazine rings is 1. The molecule has 1 unspecified atom stereocenters. The highest BCUT2D eigenvalue weighted by atomic mass is 79.9. The fourth-order valence-electron chi connectivity index (χ4n) is 3.36. The van der Waals surface area contributed by atoms with E-state index in [1.54, 1.807) is 0 Å². The quantitative estimate of drug-likeness (QED) is 0.764. The van der Waals surface area contributed by atoms with E-state index in [-0.39, 0.29) is 0 Å². The first-order valence-electron chi connectivity index (χ1n) is 8.21. The second-order valence-corrected chi connectivity index (χ2v) is 9.31. The molecule has 2 rings (SSSR count). The fraction of sp³-hybridized carbons (Fsp3) is 0.765. The van der Waals surface area contributed by atoms with E-state index in [0.717, 1.165) is 19.0 Å². The van der Waals surface area contributed by atoms with Gasteiger partial charge in [0.1, 0.15) is 0 Å². The van der Waals surface area contributed by atoms with Gasteiger partial charge < -0.3 is 5.32 Å². The predicted molar refractivity (Wildman–Crippen MR) is 97.0 cm³/mol. The summed E-state index contributed by atoms with van der Waals surface area (Å²) in [6.45, 7) is 12.7. The van der Waals surface area contributed by atoms with Crippen LogP contribution < -0.4 is 5.32 Å². The maximum absolute atomic E-state index is 3.86. The molecule has 21 heavy (non-hydrogen) atoms. The van der Waals surface area contributed by atoms with Crippen LogP contribution in [0.15, 0.2) is 15.9 Å². The van der Waals surface area contributed by atoms with Gasteiger partial charge in [0.2, 0.25) is 0 Å². The molecule has 2 nitrogen and oxygen atoms in total. The van der Waals surface area contributed by atoms with Gasteiger partial charge in [-0.15, -0.1) is 11.3 Å². The van der Waals surface area contributed by atoms with E-state index < -0.39 is 0 Å². The average molecular weight is 373 g/mol. The van der Waals surface area contributed by atoms with Gasteiger partial charge in [-0.3, -0.25) is 4.90 Å². The van der Waals surface area contributed by atoms with Crippen molar-refractivity contribution in [2.45, 2.75) is 65.1 Å². The van der Waals surface area contributed by atoms with Crippen molar-refractivity contribution in [1.82, 2.24) is 10.2 Å². The molecule has 0 aromatic carbocycles. The zero-order valence-electron chi connectivity index (χ0n) is 13.8. The lowest BCUT2D eigenvalue weighted by Gasteiger charge is -2.48. The van der Waals surface area contributed by atoms with Crippen LogP contribution in [-0.4, -0.2) is 29.6 Å². The van der Waals surface area contributed by atoms with Gasteiger partial charge >= 0.3 is 0 Å². The molecule has 0 bridgehead atoms. The summed E-state index contributed by atoms with van der Waals surface area (Å²) in [6, 6.07) is 5.10. The van der Waals surface area contributed by atoms with Crippen molar-refractivity contribution in [3.8, 4) is 0 Å². The fourth-order valence-corrected chi connectivity index (χ4v) is 4.87. The first-order chi connectivity index (χ1) is 9.98. The maximum atomic E-state index is 3.86. The minimum Gasteiger partial charge on any atom is -0.308 e. The number of halogens is 1. The van der Waals surface area contributed by atoms with Crippen LogP contribution in [0.25, 0.3) is 0 Å². The molecule has 2 heterocycles. The molecule has 0 aliphatic carbocycles. The molecule has 1 aliphatic heterocycles. The van der Waals surface area contributed by atoms with Crippen molar-refractivity contribution in [2.24, 2.45) is 5.92 Å². The molecule has 0 spiro atoms. The average Bonchev–Trinajstić information content (AvgIpc) is 2.86. The molecule has 0 amide bonds. The van der Waals surface area contributed by atoms with E-state index in [2.05, 4.69) is 66.0 Å². The smallest absolute Gasteiger partial charge is 0.0701 e. The largest absolute Gasteiger partial charge is 0.308 e. The van der Waals surface area contributed by atoms with Crippen LogP contribution in [0.1, 0.15) is 51.8 Å². The van der Waals surface area contributed by atoms with Crippen molar-refractivity contribution < 1.29 is 0 Å². The Morgan fingerprint density at radius 2 is 2.10 bits per heavy atom. The number of nitrogens with zero attached hydrogens (tertiary/aromatic N) is 1. The molecule has 0 saturated carbocycles. The Morgan fingerprint density at radius 1 is 1.38 bits per heavy atom. The molecule has 1 aliphatic rings. The topological polar surface area (TPSA) is 15.3 Å². The molecule has 120 valence electrons. The Bertz CT molecular complexity index is 440. The number of rotatable bonds is 6. The monoisotopic (exact) mass is 372 g/mol. The van der Waals surface area contributed by atoms with Crippen LogP contribution >= 0.6 is 27.3 Å². The normalized spacial score (nSPS) is 22.9. The van der Waals surface area contributed by atoms with E-state index in [0.29, 0.717) is 11.6 Å². The van der Waals surface area contributed by atoms with Gasteiger partial charge in [0, 0.05) is 36.1 Å². The lowest BCUT2D eigenvalue weighted by Crippen LogP contribution is -2.63. The number of thiophene rings is 1. The third-order valence-electron chi connectivity index (χ3n) is 4.82. The first kappa shape index (κ1) is 17.5. The summed E-state index contributed by atoms with van der Waals surface area (Å²) < 4.78 is 1.24. The minimum absolute atomic E-state index is 0.308. The van der Waals surface area contributed by atoms with Crippen molar-refractivity contribution in [2.75, 3.05) is 13.1 Å². The van der Waals surface area contributed by atoms with E-state index >= 15 is 0 Å². The Balaban J connectivity index is 2.12. The molecule has 1 saturated heterocycles. The molecule has 1 N–H and O–H groups in total. The summed E-state index contributed by atoms with van der Waals surface area (Å²) in [6.07, 6.45) is 3.70. The Hall–Kier alpha value is 0.1000. The second-order valence-electron chi connectivity index (χ2n) is 6.76. The Kier molecular flexibility index (Phi) is 6.30. The second kappa shape index (κ2) is 7.58. The number of nitrogens with one attached hydrogen (secondary N) is 1. The minimum atomic E-state index is 0.308. The van der Waals surface area contributed by atoms with E-state index in [9.17, 15) is 0 Å². The summed E-state index contributed by atoms with van der Waals surface area (Å²) >= 11 is 5.46. The maximum Gasteiger partial charge on any atom is 0.0701 e. The van der Waals surface area contributed by atoms with Gasteiger partial charge in [-0.25, -0.2) is 0 Å². The van der Waals surface area contributed by atoms with Crippen LogP contribution in [0.3, 0.4) is 0 Å². The van der Waals surface area contributed by atoms with Crippen LogP contribution in [0.5, 0.6) is 0 Å². The first-order valence-corrected chi connectivity index (χ1v) is 9.82. The van der Waals surface area contributed by atoms with Gasteiger partial charge in [0.15, 0.2) is 0 Å². The summed E-state index contributed by atoms with van der Waals surface area (Å²) in [5.74, 6) is 0.755. The molecule has 0 radical (unpaired) electrons. The van der Waals surface area contributed by atoms with Gasteiger partial charge in [-0.1, -0.05) is 27.7 Å². The molecule has 1 aromatic rings. The highest BCUT2D eigenvalue weighted by Crippen LogP contribution is 2.29. The molecule has 1 aromatic heterocycles. The number of hydrogen-bond donors (Lipinski definition) is 1. The standard InChI is InChI=1S/C17H29BrN2S/c1-5-17(6-2)12-20(11-15-7-8-16(18)21-15)14(10-19-17)9-13(3)4/h7-8,13-14,19H,5-6,9-12H2,1-4H3. The number of hydrogen-bond acceptors (Lipinski definition) is 3. The molecule has 1 fully saturated rings. The lowest BCUT2D eigenvalue weighted by molar-refractivity contribution is 0.0569. The molecular weight excluding hydrogens is 344 g/mol. The lowest BCUT2D eigenvalue weighted by atomic mass is 9.87. The summed E-state index contributed by atoms with van der Waals surface area (Å²) in [5, 5.41) is 3.86. The molecular formula is C17H29BrN2S. The third kappa shape index (κ3) is 4.54. The SMILES string of the molecule is CCC1(CC)CN(Cc2ccc(Br)s2)C(CC(C)C)CN1. The van der Waals surface area contributed by atoms with Gasteiger partial charge in [-0.2, -0.15) is 0 Å². The third-order valence-corrected chi connectivity index (χ3v) is 6.43. The highest BCUT2D eigenvalue weighted by Gasteiger charge is 2.36. The van der Waals surface area contributed by atoms with Gasteiger partial charge in [-0.05, 0) is 53.2 Å². The van der Waals surface area contributed by atoms with E-state index in [1.165, 1.54) is 34.5 Å².